The van der Waals surface area contributed by atoms with Crippen molar-refractivity contribution in [1.29, 1.82) is 0 Å². The lowest BCUT2D eigenvalue weighted by molar-refractivity contribution is -0.910. The molecule has 26 heavy (non-hydrogen) atoms. The second-order valence-electron chi connectivity index (χ2n) is 6.00. The lowest BCUT2D eigenvalue weighted by Crippen LogP contribution is -3.15. The molecule has 0 unspecified atom stereocenters. The van der Waals surface area contributed by atoms with Crippen LogP contribution >= 0.6 is 34.9 Å². The molecule has 1 fully saturated rings. The van der Waals surface area contributed by atoms with Gasteiger partial charge in [0.05, 0.1) is 20.3 Å². The van der Waals surface area contributed by atoms with Crippen molar-refractivity contribution in [2.24, 2.45) is 0 Å². The van der Waals surface area contributed by atoms with Crippen molar-refractivity contribution in [3.8, 4) is 5.75 Å². The molecule has 1 saturated heterocycles. The van der Waals surface area contributed by atoms with Crippen molar-refractivity contribution in [3.63, 3.8) is 0 Å². The van der Waals surface area contributed by atoms with E-state index in [1.807, 2.05) is 12.1 Å². The molecule has 1 aromatic carbocycles. The zero-order chi connectivity index (χ0) is 18.2. The smallest absolute Gasteiger partial charge is 0.175 e. The molecule has 142 valence electrons. The van der Waals surface area contributed by atoms with Crippen molar-refractivity contribution < 1.29 is 19.5 Å². The number of morpholine rings is 1. The molecule has 2 N–H and O–H groups in total. The average Bonchev–Trinajstić information content (AvgIpc) is 3.14. The SMILES string of the molecule is COc1ccc(CSc2nnc(SC[C@@H](O)C[NH+]3CCOCC3)s2)cc1. The highest BCUT2D eigenvalue weighted by atomic mass is 32.2. The first-order chi connectivity index (χ1) is 12.7. The van der Waals surface area contributed by atoms with Crippen molar-refractivity contribution in [2.45, 2.75) is 20.5 Å². The van der Waals surface area contributed by atoms with Gasteiger partial charge in [0, 0.05) is 11.5 Å². The Bertz CT molecular complexity index is 663. The second kappa shape index (κ2) is 10.5. The Morgan fingerprint density at radius 1 is 1.19 bits per heavy atom. The van der Waals surface area contributed by atoms with E-state index in [4.69, 9.17) is 9.47 Å². The van der Waals surface area contributed by atoms with E-state index in [2.05, 4.69) is 22.3 Å². The van der Waals surface area contributed by atoms with Crippen LogP contribution in [0.4, 0.5) is 0 Å². The van der Waals surface area contributed by atoms with Gasteiger partial charge in [0.25, 0.3) is 0 Å². The maximum Gasteiger partial charge on any atom is 0.175 e. The first-order valence-corrected chi connectivity index (χ1v) is 11.3. The number of rotatable bonds is 9. The van der Waals surface area contributed by atoms with Gasteiger partial charge in [-0.05, 0) is 17.7 Å². The predicted molar refractivity (Wildman–Crippen MR) is 106 cm³/mol. The summed E-state index contributed by atoms with van der Waals surface area (Å²) in [5, 5.41) is 18.7. The first kappa shape index (κ1) is 19.9. The summed E-state index contributed by atoms with van der Waals surface area (Å²) in [6, 6.07) is 8.06. The standard InChI is InChI=1S/C17H23N3O3S3/c1-22-15-4-2-13(3-5-15)11-24-16-18-19-17(26-16)25-12-14(21)10-20-6-8-23-9-7-20/h2-5,14,21H,6-12H2,1H3/p+1/t14-/m0/s1. The number of nitrogens with zero attached hydrogens (tertiary/aromatic N) is 2. The van der Waals surface area contributed by atoms with Gasteiger partial charge in [-0.25, -0.2) is 0 Å². The third-order valence-corrected chi connectivity index (χ3v) is 7.44. The lowest BCUT2D eigenvalue weighted by atomic mass is 10.2. The summed E-state index contributed by atoms with van der Waals surface area (Å²) >= 11 is 4.85. The molecule has 2 aromatic rings. The number of hydrogen-bond acceptors (Lipinski definition) is 8. The highest BCUT2D eigenvalue weighted by molar-refractivity contribution is 8.02. The maximum absolute atomic E-state index is 10.2. The van der Waals surface area contributed by atoms with Crippen molar-refractivity contribution in [3.05, 3.63) is 29.8 Å². The van der Waals surface area contributed by atoms with E-state index in [1.54, 1.807) is 42.0 Å². The van der Waals surface area contributed by atoms with E-state index < -0.39 is 0 Å². The van der Waals surface area contributed by atoms with E-state index in [-0.39, 0.29) is 6.10 Å². The van der Waals surface area contributed by atoms with Crippen LogP contribution in [0.3, 0.4) is 0 Å². The minimum Gasteiger partial charge on any atom is -0.497 e. The van der Waals surface area contributed by atoms with E-state index >= 15 is 0 Å². The van der Waals surface area contributed by atoms with Crippen molar-refractivity contribution >= 4 is 34.9 Å². The molecule has 0 spiro atoms. The van der Waals surface area contributed by atoms with Crippen LogP contribution in [0, 0.1) is 0 Å². The van der Waals surface area contributed by atoms with Crippen LogP contribution in [0.15, 0.2) is 32.9 Å². The van der Waals surface area contributed by atoms with Gasteiger partial charge in [-0.1, -0.05) is 47.0 Å². The van der Waals surface area contributed by atoms with Crippen molar-refractivity contribution in [1.82, 2.24) is 10.2 Å². The fourth-order valence-electron chi connectivity index (χ4n) is 2.60. The van der Waals surface area contributed by atoms with E-state index in [9.17, 15) is 5.11 Å². The molecular formula is C17H24N3O3S3+. The highest BCUT2D eigenvalue weighted by Crippen LogP contribution is 2.31. The van der Waals surface area contributed by atoms with Gasteiger partial charge in [-0.3, -0.25) is 0 Å². The molecular weight excluding hydrogens is 390 g/mol. The summed E-state index contributed by atoms with van der Waals surface area (Å²) in [5.41, 5.74) is 1.23. The molecule has 3 rings (SSSR count). The number of methoxy groups -OCH3 is 1. The van der Waals surface area contributed by atoms with Crippen LogP contribution < -0.4 is 9.64 Å². The third kappa shape index (κ3) is 6.40. The maximum atomic E-state index is 10.2. The molecule has 1 aliphatic heterocycles. The Hall–Kier alpha value is -0.840. The highest BCUT2D eigenvalue weighted by Gasteiger charge is 2.19. The van der Waals surface area contributed by atoms with Gasteiger partial charge in [-0.15, -0.1) is 10.2 Å². The van der Waals surface area contributed by atoms with Crippen LogP contribution in [0.2, 0.25) is 0 Å². The summed E-state index contributed by atoms with van der Waals surface area (Å²) in [6.07, 6.45) is -0.326. The Balaban J connectivity index is 1.39. The van der Waals surface area contributed by atoms with Crippen LogP contribution in [0.25, 0.3) is 0 Å². The van der Waals surface area contributed by atoms with Gasteiger partial charge in [0.2, 0.25) is 0 Å². The van der Waals surface area contributed by atoms with Crippen LogP contribution in [-0.4, -0.2) is 67.1 Å². The molecule has 1 aliphatic rings. The Morgan fingerprint density at radius 3 is 2.58 bits per heavy atom. The Kier molecular flexibility index (Phi) is 8.03. The quantitative estimate of drug-likeness (QED) is 0.598. The third-order valence-electron chi connectivity index (χ3n) is 4.03. The Morgan fingerprint density at radius 2 is 1.88 bits per heavy atom. The first-order valence-electron chi connectivity index (χ1n) is 8.54. The minimum atomic E-state index is -0.326. The fraction of sp³-hybridized carbons (Fsp3) is 0.529. The number of aliphatic hydroxyl groups is 1. The van der Waals surface area contributed by atoms with Gasteiger partial charge < -0.3 is 19.5 Å². The zero-order valence-electron chi connectivity index (χ0n) is 14.7. The van der Waals surface area contributed by atoms with Crippen LogP contribution in [0.5, 0.6) is 5.75 Å². The van der Waals surface area contributed by atoms with Crippen molar-refractivity contribution in [2.75, 3.05) is 45.7 Å². The topological polar surface area (TPSA) is 68.9 Å². The van der Waals surface area contributed by atoms with Gasteiger partial charge in [-0.2, -0.15) is 0 Å². The van der Waals surface area contributed by atoms with Crippen LogP contribution in [0.1, 0.15) is 5.56 Å². The summed E-state index contributed by atoms with van der Waals surface area (Å²) < 4.78 is 12.4. The number of aromatic nitrogens is 2. The fourth-order valence-corrected chi connectivity index (χ4v) is 5.53. The normalized spacial score (nSPS) is 16.5. The molecule has 0 radical (unpaired) electrons. The number of nitrogens with one attached hydrogen (secondary N) is 1. The summed E-state index contributed by atoms with van der Waals surface area (Å²) in [4.78, 5) is 1.41. The number of thioether (sulfide) groups is 2. The number of ether oxygens (including phenoxy) is 2. The molecule has 0 saturated carbocycles. The number of aliphatic hydroxyl groups excluding tert-OH is 1. The Labute approximate surface area is 166 Å². The number of benzene rings is 1. The summed E-state index contributed by atoms with van der Waals surface area (Å²) in [5.74, 6) is 2.37. The second-order valence-corrected chi connectivity index (χ2v) is 9.47. The minimum absolute atomic E-state index is 0.326. The van der Waals surface area contributed by atoms with E-state index in [1.165, 1.54) is 10.5 Å². The van der Waals surface area contributed by atoms with Crippen LogP contribution in [-0.2, 0) is 10.5 Å². The molecule has 0 aliphatic carbocycles. The molecule has 0 bridgehead atoms. The zero-order valence-corrected chi connectivity index (χ0v) is 17.2. The molecule has 9 heteroatoms. The summed E-state index contributed by atoms with van der Waals surface area (Å²) in [7, 11) is 1.67. The number of hydrogen-bond donors (Lipinski definition) is 2. The molecule has 0 amide bonds. The predicted octanol–water partition coefficient (Wildman–Crippen LogP) is 1.21. The van der Waals surface area contributed by atoms with E-state index in [0.29, 0.717) is 5.75 Å². The van der Waals surface area contributed by atoms with Gasteiger partial charge in [0.1, 0.15) is 31.5 Å². The van der Waals surface area contributed by atoms with E-state index in [0.717, 1.165) is 53.0 Å². The molecule has 1 atom stereocenters. The molecule has 6 nitrogen and oxygen atoms in total. The largest absolute Gasteiger partial charge is 0.497 e. The monoisotopic (exact) mass is 414 g/mol. The molecule has 2 heterocycles. The average molecular weight is 415 g/mol. The lowest BCUT2D eigenvalue weighted by Gasteiger charge is -2.25. The van der Waals surface area contributed by atoms with Gasteiger partial charge in [0.15, 0.2) is 8.68 Å². The molecule has 1 aromatic heterocycles. The summed E-state index contributed by atoms with van der Waals surface area (Å²) in [6.45, 7) is 4.31. The number of quaternary nitrogens is 1. The van der Waals surface area contributed by atoms with Gasteiger partial charge >= 0.3 is 0 Å².